The minimum absolute atomic E-state index is 0. The second-order valence-corrected chi connectivity index (χ2v) is 9.54. The van der Waals surface area contributed by atoms with Crippen molar-refractivity contribution in [3.05, 3.63) is 96.8 Å². The first-order chi connectivity index (χ1) is 16.6. The summed E-state index contributed by atoms with van der Waals surface area (Å²) in [6, 6.07) is 25.6. The van der Waals surface area contributed by atoms with Crippen LogP contribution in [-0.4, -0.2) is 50.0 Å². The van der Waals surface area contributed by atoms with E-state index in [-0.39, 0.29) is 11.6 Å². The van der Waals surface area contributed by atoms with E-state index in [1.54, 1.807) is 24.7 Å². The van der Waals surface area contributed by atoms with Gasteiger partial charge in [-0.3, -0.25) is 9.11 Å². The molecule has 0 radical (unpaired) electrons. The number of para-hydroxylation sites is 1. The van der Waals surface area contributed by atoms with Gasteiger partial charge in [-0.05, 0) is 42.0 Å². The van der Waals surface area contributed by atoms with E-state index >= 15 is 0 Å². The fourth-order valence-electron chi connectivity index (χ4n) is 3.78. The third kappa shape index (κ3) is 6.30. The zero-order valence-electron chi connectivity index (χ0n) is 19.3. The van der Waals surface area contributed by atoms with Gasteiger partial charge in [0.1, 0.15) is 22.6 Å². The molecule has 0 amide bonds. The Morgan fingerprint density at radius 1 is 0.857 bits per heavy atom. The Hall–Kier alpha value is -3.59. The summed E-state index contributed by atoms with van der Waals surface area (Å²) >= 11 is 0. The summed E-state index contributed by atoms with van der Waals surface area (Å²) in [7, 11) is -1.08. The average Bonchev–Trinajstić information content (AvgIpc) is 2.85. The Morgan fingerprint density at radius 2 is 1.51 bits per heavy atom. The van der Waals surface area contributed by atoms with Gasteiger partial charge in [0.2, 0.25) is 5.88 Å². The summed E-state index contributed by atoms with van der Waals surface area (Å²) < 4.78 is 23.4. The molecule has 1 atom stereocenters. The summed E-state index contributed by atoms with van der Waals surface area (Å²) in [6.07, 6.45) is 5.26. The van der Waals surface area contributed by atoms with E-state index in [1.165, 1.54) is 5.56 Å². The molecule has 3 heterocycles. The van der Waals surface area contributed by atoms with Crippen molar-refractivity contribution < 1.29 is 19.2 Å². The van der Waals surface area contributed by atoms with Crippen molar-refractivity contribution in [2.24, 2.45) is 0 Å². The van der Waals surface area contributed by atoms with Crippen LogP contribution in [0.2, 0.25) is 0 Å². The van der Waals surface area contributed by atoms with Crippen molar-refractivity contribution in [3.63, 3.8) is 0 Å². The van der Waals surface area contributed by atoms with Crippen LogP contribution in [0.5, 0.6) is 17.4 Å². The van der Waals surface area contributed by atoms with Gasteiger partial charge in [-0.25, -0.2) is 9.97 Å². The molecule has 4 aromatic rings. The normalized spacial score (nSPS) is 14.4. The molecule has 0 aliphatic carbocycles. The van der Waals surface area contributed by atoms with Crippen LogP contribution in [0.15, 0.2) is 96.3 Å². The molecule has 0 saturated carbocycles. The lowest BCUT2D eigenvalue weighted by Gasteiger charge is -2.38. The van der Waals surface area contributed by atoms with Crippen molar-refractivity contribution >= 4 is 10.8 Å². The lowest BCUT2D eigenvalue weighted by atomic mass is 10.1. The first-order valence-electron chi connectivity index (χ1n) is 11.1. The van der Waals surface area contributed by atoms with Gasteiger partial charge in [-0.15, -0.1) is 0 Å². The lowest BCUT2D eigenvalue weighted by molar-refractivity contribution is 0.0118. The van der Waals surface area contributed by atoms with Gasteiger partial charge in [0.05, 0.1) is 10.8 Å². The van der Waals surface area contributed by atoms with Crippen molar-refractivity contribution in [1.29, 1.82) is 0 Å². The van der Waals surface area contributed by atoms with Crippen LogP contribution in [0.25, 0.3) is 11.1 Å². The molecule has 1 fully saturated rings. The van der Waals surface area contributed by atoms with Crippen molar-refractivity contribution in [2.45, 2.75) is 17.7 Å². The third-order valence-corrected chi connectivity index (χ3v) is 6.45. The summed E-state index contributed by atoms with van der Waals surface area (Å²) in [6.45, 7) is 2.61. The van der Waals surface area contributed by atoms with Crippen molar-refractivity contribution in [3.8, 4) is 28.5 Å². The maximum atomic E-state index is 11.5. The van der Waals surface area contributed by atoms with Crippen LogP contribution in [0, 0.1) is 0 Å². The third-order valence-electron chi connectivity index (χ3n) is 5.62. The topological polar surface area (TPSA) is 96.0 Å². The fraction of sp³-hybridized carbons (Fsp3) is 0.185. The van der Waals surface area contributed by atoms with Gasteiger partial charge in [-0.1, -0.05) is 36.4 Å². The largest absolute Gasteiger partial charge is 0.472 e. The number of ether oxygens (including phenoxy) is 2. The number of pyridine rings is 2. The number of benzene rings is 2. The molecule has 7 nitrogen and oxygen atoms in total. The Bertz CT molecular complexity index is 1240. The molecular weight excluding hydrogens is 462 g/mol. The van der Waals surface area contributed by atoms with Crippen LogP contribution in [0.1, 0.15) is 5.56 Å². The maximum absolute atomic E-state index is 11.5. The van der Waals surface area contributed by atoms with Crippen molar-refractivity contribution in [2.75, 3.05) is 19.3 Å². The summed E-state index contributed by atoms with van der Waals surface area (Å²) in [5.74, 6) is 2.29. The highest BCUT2D eigenvalue weighted by atomic mass is 32.2. The van der Waals surface area contributed by atoms with Crippen LogP contribution in [-0.2, 0) is 17.3 Å². The molecule has 1 aliphatic rings. The first kappa shape index (κ1) is 24.5. The predicted octanol–water partition coefficient (Wildman–Crippen LogP) is 4.11. The second kappa shape index (κ2) is 11.2. The zero-order valence-corrected chi connectivity index (χ0v) is 20.2. The monoisotopic (exact) mass is 489 g/mol. The molecule has 1 aliphatic heterocycles. The molecule has 0 spiro atoms. The van der Waals surface area contributed by atoms with Gasteiger partial charge in [0, 0.05) is 55.5 Å². The molecule has 1 saturated heterocycles. The van der Waals surface area contributed by atoms with E-state index in [2.05, 4.69) is 27.0 Å². The molecule has 180 valence electrons. The molecule has 0 bridgehead atoms. The van der Waals surface area contributed by atoms with Gasteiger partial charge in [0.15, 0.2) is 0 Å². The molecule has 2 aromatic heterocycles. The smallest absolute Gasteiger partial charge is 0.213 e. The quantitative estimate of drug-likeness (QED) is 0.370. The van der Waals surface area contributed by atoms with E-state index in [0.717, 1.165) is 42.3 Å². The number of aromatic nitrogens is 2. The number of likely N-dealkylation sites (tertiary alicyclic amines) is 1. The highest BCUT2D eigenvalue weighted by Gasteiger charge is 2.28. The Morgan fingerprint density at radius 3 is 2.11 bits per heavy atom. The minimum Gasteiger partial charge on any atom is -0.472 e. The van der Waals surface area contributed by atoms with E-state index < -0.39 is 10.8 Å². The maximum Gasteiger partial charge on any atom is 0.213 e. The Kier molecular flexibility index (Phi) is 7.87. The molecule has 35 heavy (non-hydrogen) atoms. The van der Waals surface area contributed by atoms with Gasteiger partial charge in [-0.2, -0.15) is 0 Å². The molecule has 1 unspecified atom stereocenters. The van der Waals surface area contributed by atoms with E-state index in [0.29, 0.717) is 10.9 Å². The van der Waals surface area contributed by atoms with Crippen LogP contribution in [0.3, 0.4) is 0 Å². The molecular formula is C27H27N3O4S. The summed E-state index contributed by atoms with van der Waals surface area (Å²) in [5.41, 5.74) is 3.12. The number of nitrogens with zero attached hydrogens (tertiary/aromatic N) is 3. The number of rotatable bonds is 8. The SMILES string of the molecule is CS(=O)c1ccc(-c2ccc(OC3CN(Cc4ccc(Oc5ccccc5)cc4)C3)nc2)cn1.O. The lowest BCUT2D eigenvalue weighted by Crippen LogP contribution is -2.53. The van der Waals surface area contributed by atoms with Crippen molar-refractivity contribution in [1.82, 2.24) is 14.9 Å². The first-order valence-corrected chi connectivity index (χ1v) is 12.6. The van der Waals surface area contributed by atoms with E-state index in [4.69, 9.17) is 9.47 Å². The van der Waals surface area contributed by atoms with Crippen LogP contribution < -0.4 is 9.47 Å². The predicted molar refractivity (Wildman–Crippen MR) is 136 cm³/mol. The van der Waals surface area contributed by atoms with Crippen LogP contribution in [0.4, 0.5) is 0 Å². The van der Waals surface area contributed by atoms with Gasteiger partial charge >= 0.3 is 0 Å². The van der Waals surface area contributed by atoms with E-state index in [9.17, 15) is 4.21 Å². The number of hydrogen-bond donors (Lipinski definition) is 0. The Labute approximate surface area is 207 Å². The second-order valence-electron chi connectivity index (χ2n) is 8.22. The average molecular weight is 490 g/mol. The number of hydrogen-bond acceptors (Lipinski definition) is 6. The fourth-order valence-corrected chi connectivity index (χ4v) is 4.25. The van der Waals surface area contributed by atoms with Gasteiger partial charge < -0.3 is 14.9 Å². The Balaban J connectivity index is 0.00000289. The summed E-state index contributed by atoms with van der Waals surface area (Å²) in [4.78, 5) is 11.0. The zero-order chi connectivity index (χ0) is 23.3. The van der Waals surface area contributed by atoms with E-state index in [1.807, 2.05) is 60.7 Å². The molecule has 2 N–H and O–H groups in total. The standard InChI is InChI=1S/C27H25N3O3S.H2O/c1-34(31)27-14-10-22(16-29-27)21-9-13-26(28-15-21)33-25-18-30(19-25)17-20-7-11-24(12-8-20)32-23-5-3-2-4-6-23;/h2-16,25H,17-19H2,1H3;1H2. The molecule has 2 aromatic carbocycles. The minimum atomic E-state index is -1.08. The molecule has 5 rings (SSSR count). The highest BCUT2D eigenvalue weighted by Crippen LogP contribution is 2.24. The highest BCUT2D eigenvalue weighted by molar-refractivity contribution is 7.84. The summed E-state index contributed by atoms with van der Waals surface area (Å²) in [5, 5.41) is 0.572. The molecule has 8 heteroatoms. The van der Waals surface area contributed by atoms with Gasteiger partial charge in [0.25, 0.3) is 0 Å². The van der Waals surface area contributed by atoms with Crippen LogP contribution >= 0.6 is 0 Å².